The zero-order valence-electron chi connectivity index (χ0n) is 15.3. The summed E-state index contributed by atoms with van der Waals surface area (Å²) in [5.41, 5.74) is -4.78. The van der Waals surface area contributed by atoms with Crippen LogP contribution in [0.5, 0.6) is 0 Å². The summed E-state index contributed by atoms with van der Waals surface area (Å²) < 4.78 is 93.3. The third-order valence-corrected chi connectivity index (χ3v) is 4.18. The van der Waals surface area contributed by atoms with Crippen molar-refractivity contribution in [1.82, 2.24) is 19.6 Å². The second-order valence-corrected chi connectivity index (χ2v) is 6.96. The molecule has 0 aliphatic rings. The highest BCUT2D eigenvalue weighted by Gasteiger charge is 2.37. The first kappa shape index (κ1) is 21.7. The topological polar surface area (TPSA) is 75.3 Å². The molecule has 0 spiro atoms. The highest BCUT2D eigenvalue weighted by Crippen LogP contribution is 2.36. The van der Waals surface area contributed by atoms with Gasteiger partial charge >= 0.3 is 12.4 Å². The minimum absolute atomic E-state index is 0.245. The summed E-state index contributed by atoms with van der Waals surface area (Å²) >= 11 is 0. The summed E-state index contributed by atoms with van der Waals surface area (Å²) in [5.74, 6) is -2.07. The number of hydrogen-bond donors (Lipinski definition) is 2. The first-order chi connectivity index (χ1) is 13.7. The van der Waals surface area contributed by atoms with Crippen LogP contribution < -0.4 is 5.32 Å². The van der Waals surface area contributed by atoms with Crippen molar-refractivity contribution >= 4 is 11.6 Å². The third-order valence-electron chi connectivity index (χ3n) is 4.18. The van der Waals surface area contributed by atoms with Crippen molar-refractivity contribution in [1.29, 1.82) is 0 Å². The number of alkyl halides is 6. The van der Waals surface area contributed by atoms with Crippen LogP contribution in [-0.2, 0) is 12.4 Å². The van der Waals surface area contributed by atoms with Crippen LogP contribution in [0.2, 0.25) is 0 Å². The number of aromatic nitrogens is 4. The fraction of sp³-hybridized carbons (Fsp3) is 0.353. The Labute approximate surface area is 164 Å². The van der Waals surface area contributed by atoms with E-state index in [0.717, 1.165) is 16.9 Å². The molecule has 0 saturated carbocycles. The molecule has 6 nitrogen and oxygen atoms in total. The lowest BCUT2D eigenvalue weighted by molar-refractivity contribution is -0.141. The van der Waals surface area contributed by atoms with Gasteiger partial charge in [0.2, 0.25) is 0 Å². The third kappa shape index (κ3) is 4.30. The van der Waals surface area contributed by atoms with Gasteiger partial charge in [-0.1, -0.05) is 6.07 Å². The van der Waals surface area contributed by atoms with Gasteiger partial charge in [-0.15, -0.1) is 0 Å². The summed E-state index contributed by atoms with van der Waals surface area (Å²) in [6.07, 6.45) is -8.70. The normalized spacial score (nSPS) is 14.2. The maximum Gasteiger partial charge on any atom is 0.433 e. The van der Waals surface area contributed by atoms with Crippen molar-refractivity contribution in [3.05, 3.63) is 53.2 Å². The number of fused-ring (bicyclic) bond motifs is 1. The van der Waals surface area contributed by atoms with E-state index in [1.807, 2.05) is 0 Å². The molecule has 0 bridgehead atoms. The predicted molar refractivity (Wildman–Crippen MR) is 89.8 cm³/mol. The Morgan fingerprint density at radius 3 is 2.23 bits per heavy atom. The molecule has 3 aromatic rings. The van der Waals surface area contributed by atoms with Crippen LogP contribution in [0.25, 0.3) is 5.78 Å². The fourth-order valence-corrected chi connectivity index (χ4v) is 2.78. The van der Waals surface area contributed by atoms with Crippen LogP contribution >= 0.6 is 0 Å². The fourth-order valence-electron chi connectivity index (χ4n) is 2.78. The molecule has 0 aliphatic carbocycles. The van der Waals surface area contributed by atoms with Gasteiger partial charge in [0.1, 0.15) is 18.0 Å². The molecular weight excluding hydrogens is 423 g/mol. The van der Waals surface area contributed by atoms with Gasteiger partial charge in [0.25, 0.3) is 5.78 Å². The lowest BCUT2D eigenvalue weighted by Gasteiger charge is -2.32. The number of halogens is 7. The summed E-state index contributed by atoms with van der Waals surface area (Å²) in [5, 5.41) is 16.7. The first-order valence-electron chi connectivity index (χ1n) is 8.31. The van der Waals surface area contributed by atoms with E-state index in [-0.39, 0.29) is 11.9 Å². The summed E-state index contributed by atoms with van der Waals surface area (Å²) in [4.78, 5) is 6.92. The average Bonchev–Trinajstić information content (AvgIpc) is 3.06. The molecule has 0 aliphatic heterocycles. The second-order valence-electron chi connectivity index (χ2n) is 6.96. The Bertz CT molecular complexity index is 1070. The molecule has 0 amide bonds. The summed E-state index contributed by atoms with van der Waals surface area (Å²) in [7, 11) is 0. The molecule has 0 radical (unpaired) electrons. The summed E-state index contributed by atoms with van der Waals surface area (Å²) in [6, 6.07) is 0.780. The van der Waals surface area contributed by atoms with Crippen LogP contribution in [0.1, 0.15) is 36.7 Å². The van der Waals surface area contributed by atoms with Crippen molar-refractivity contribution in [2.75, 3.05) is 5.32 Å². The molecule has 0 unspecified atom stereocenters. The van der Waals surface area contributed by atoms with Gasteiger partial charge in [-0.3, -0.25) is 0 Å². The maximum atomic E-state index is 14.5. The molecule has 2 N–H and O–H groups in total. The average molecular weight is 437 g/mol. The van der Waals surface area contributed by atoms with Crippen molar-refractivity contribution in [2.45, 2.75) is 37.8 Å². The SMILES string of the molecule is CC(C)(O)[C@@H](Nc1cc(C(F)(F)F)nc2ncnn12)c1ccc(C(F)(F)F)cc1F. The largest absolute Gasteiger partial charge is 0.433 e. The Hall–Kier alpha value is -2.96. The number of rotatable bonds is 4. The second kappa shape index (κ2) is 7.07. The van der Waals surface area contributed by atoms with Crippen LogP contribution in [0.15, 0.2) is 30.6 Å². The molecule has 0 saturated heterocycles. The van der Waals surface area contributed by atoms with Crippen LogP contribution in [-0.4, -0.2) is 30.3 Å². The quantitative estimate of drug-likeness (QED) is 0.598. The number of nitrogens with one attached hydrogen (secondary N) is 1. The molecule has 13 heteroatoms. The molecule has 30 heavy (non-hydrogen) atoms. The van der Waals surface area contributed by atoms with Gasteiger partial charge in [0.15, 0.2) is 5.69 Å². The Balaban J connectivity index is 2.11. The van der Waals surface area contributed by atoms with Crippen molar-refractivity contribution in [2.24, 2.45) is 0 Å². The van der Waals surface area contributed by atoms with Gasteiger partial charge in [-0.05, 0) is 26.0 Å². The van der Waals surface area contributed by atoms with Crippen LogP contribution in [0.4, 0.5) is 36.6 Å². The minimum Gasteiger partial charge on any atom is -0.388 e. The van der Waals surface area contributed by atoms with Crippen LogP contribution in [0, 0.1) is 5.82 Å². The number of hydrogen-bond acceptors (Lipinski definition) is 5. The smallest absolute Gasteiger partial charge is 0.388 e. The minimum atomic E-state index is -4.84. The van der Waals surface area contributed by atoms with Crippen molar-refractivity contribution in [3.63, 3.8) is 0 Å². The monoisotopic (exact) mass is 437 g/mol. The van der Waals surface area contributed by atoms with E-state index in [4.69, 9.17) is 0 Å². The molecule has 0 fully saturated rings. The Morgan fingerprint density at radius 2 is 1.70 bits per heavy atom. The Morgan fingerprint density at radius 1 is 1.03 bits per heavy atom. The van der Waals surface area contributed by atoms with Crippen LogP contribution in [0.3, 0.4) is 0 Å². The highest BCUT2D eigenvalue weighted by molar-refractivity contribution is 5.48. The lowest BCUT2D eigenvalue weighted by Crippen LogP contribution is -2.36. The molecule has 1 atom stereocenters. The first-order valence-corrected chi connectivity index (χ1v) is 8.31. The zero-order valence-corrected chi connectivity index (χ0v) is 15.3. The molecule has 2 heterocycles. The van der Waals surface area contributed by atoms with Gasteiger partial charge < -0.3 is 10.4 Å². The lowest BCUT2D eigenvalue weighted by atomic mass is 9.90. The molecule has 3 rings (SSSR count). The van der Waals surface area contributed by atoms with E-state index in [0.29, 0.717) is 12.1 Å². The van der Waals surface area contributed by atoms with Gasteiger partial charge in [-0.25, -0.2) is 9.37 Å². The van der Waals surface area contributed by atoms with Gasteiger partial charge in [0.05, 0.1) is 17.2 Å². The molecular formula is C17H14F7N5O. The van der Waals surface area contributed by atoms with Crippen molar-refractivity contribution < 1.29 is 35.8 Å². The number of anilines is 1. The molecule has 162 valence electrons. The van der Waals surface area contributed by atoms with E-state index >= 15 is 0 Å². The van der Waals surface area contributed by atoms with E-state index < -0.39 is 52.4 Å². The van der Waals surface area contributed by atoms with E-state index in [1.54, 1.807) is 0 Å². The zero-order chi connectivity index (χ0) is 22.5. The van der Waals surface area contributed by atoms with E-state index in [9.17, 15) is 35.8 Å². The molecule has 1 aromatic carbocycles. The van der Waals surface area contributed by atoms with Gasteiger partial charge in [-0.2, -0.15) is 40.9 Å². The summed E-state index contributed by atoms with van der Waals surface area (Å²) in [6.45, 7) is 2.43. The number of aliphatic hydroxyl groups is 1. The highest BCUT2D eigenvalue weighted by atomic mass is 19.4. The molecule has 2 aromatic heterocycles. The van der Waals surface area contributed by atoms with E-state index in [1.165, 1.54) is 13.8 Å². The maximum absolute atomic E-state index is 14.5. The van der Waals surface area contributed by atoms with Crippen molar-refractivity contribution in [3.8, 4) is 0 Å². The van der Waals surface area contributed by atoms with E-state index in [2.05, 4.69) is 20.4 Å². The number of benzene rings is 1. The number of nitrogens with zero attached hydrogens (tertiary/aromatic N) is 4. The van der Waals surface area contributed by atoms with Gasteiger partial charge in [0, 0.05) is 11.6 Å². The Kier molecular flexibility index (Phi) is 5.13. The standard InChI is InChI=1S/C17H14F7N5O/c1-15(2,30)13(9-4-3-8(5-10(9)18)16(19,20)21)28-12-6-11(17(22,23)24)27-14-25-7-26-29(12)14/h3-7,13,28,30H,1-2H3/t13-/m0/s1. The predicted octanol–water partition coefficient (Wildman–Crippen LogP) is 4.23.